The number of pyridine rings is 1. The molecule has 0 saturated carbocycles. The van der Waals surface area contributed by atoms with Crippen molar-refractivity contribution < 1.29 is 0 Å². The molecule has 1 fully saturated rings. The molecule has 2 aromatic rings. The highest BCUT2D eigenvalue weighted by atomic mass is 15.3. The molecule has 1 aliphatic rings. The molecular weight excluding hydrogens is 272 g/mol. The Kier molecular flexibility index (Phi) is 5.03. The quantitative estimate of drug-likeness (QED) is 0.916. The van der Waals surface area contributed by atoms with Crippen LogP contribution in [-0.2, 0) is 0 Å². The van der Waals surface area contributed by atoms with E-state index in [0.29, 0.717) is 12.5 Å². The van der Waals surface area contributed by atoms with Crippen molar-refractivity contribution in [3.05, 3.63) is 60.4 Å². The summed E-state index contributed by atoms with van der Waals surface area (Å²) in [6, 6.07) is 14.8. The number of rotatable bonds is 5. The van der Waals surface area contributed by atoms with Gasteiger partial charge >= 0.3 is 0 Å². The normalized spacial score (nSPS) is 17.4. The van der Waals surface area contributed by atoms with Crippen LogP contribution in [0.25, 0.3) is 0 Å². The molecule has 3 rings (SSSR count). The molecule has 0 radical (unpaired) electrons. The van der Waals surface area contributed by atoms with Gasteiger partial charge in [0.2, 0.25) is 0 Å². The minimum atomic E-state index is 0.372. The average molecular weight is 296 g/mol. The van der Waals surface area contributed by atoms with E-state index in [1.807, 2.05) is 18.5 Å². The molecule has 2 heterocycles. The molecule has 1 unspecified atom stereocenters. The molecule has 116 valence electrons. The highest BCUT2D eigenvalue weighted by Crippen LogP contribution is 2.19. The third kappa shape index (κ3) is 3.64. The van der Waals surface area contributed by atoms with Crippen molar-refractivity contribution in [1.29, 1.82) is 0 Å². The van der Waals surface area contributed by atoms with E-state index >= 15 is 0 Å². The van der Waals surface area contributed by atoms with Gasteiger partial charge in [-0.25, -0.2) is 0 Å². The Balaban J connectivity index is 1.55. The van der Waals surface area contributed by atoms with Gasteiger partial charge in [-0.1, -0.05) is 24.3 Å². The summed E-state index contributed by atoms with van der Waals surface area (Å²) in [4.78, 5) is 9.19. The van der Waals surface area contributed by atoms with Gasteiger partial charge in [-0.15, -0.1) is 0 Å². The molecule has 2 N–H and O–H groups in total. The third-order valence-electron chi connectivity index (χ3n) is 4.41. The molecule has 1 aromatic heterocycles. The average Bonchev–Trinajstić information content (AvgIpc) is 2.62. The predicted octanol–water partition coefficient (Wildman–Crippen LogP) is 1.95. The van der Waals surface area contributed by atoms with E-state index in [0.717, 1.165) is 32.7 Å². The number of nitrogens with zero attached hydrogens (tertiary/aromatic N) is 3. The van der Waals surface area contributed by atoms with Crippen molar-refractivity contribution in [2.75, 3.05) is 44.2 Å². The molecule has 22 heavy (non-hydrogen) atoms. The van der Waals surface area contributed by atoms with Gasteiger partial charge in [0.25, 0.3) is 0 Å². The van der Waals surface area contributed by atoms with E-state index in [9.17, 15) is 0 Å². The fourth-order valence-electron chi connectivity index (χ4n) is 3.07. The Hall–Kier alpha value is -1.91. The lowest BCUT2D eigenvalue weighted by atomic mass is 10.00. The summed E-state index contributed by atoms with van der Waals surface area (Å²) in [7, 11) is 0. The molecule has 4 heteroatoms. The number of benzene rings is 1. The van der Waals surface area contributed by atoms with Crippen LogP contribution in [0, 0.1) is 0 Å². The van der Waals surface area contributed by atoms with Crippen molar-refractivity contribution >= 4 is 5.69 Å². The first kappa shape index (κ1) is 15.0. The highest BCUT2D eigenvalue weighted by molar-refractivity contribution is 5.46. The Labute approximate surface area is 132 Å². The van der Waals surface area contributed by atoms with Gasteiger partial charge in [-0.2, -0.15) is 0 Å². The van der Waals surface area contributed by atoms with E-state index in [1.165, 1.54) is 11.3 Å². The van der Waals surface area contributed by atoms with Crippen LogP contribution in [0.1, 0.15) is 11.5 Å². The molecule has 1 saturated heterocycles. The maximum Gasteiger partial charge on any atom is 0.0367 e. The van der Waals surface area contributed by atoms with Crippen LogP contribution < -0.4 is 10.6 Å². The van der Waals surface area contributed by atoms with Crippen LogP contribution in [-0.4, -0.2) is 49.2 Å². The van der Waals surface area contributed by atoms with Crippen LogP contribution >= 0.6 is 0 Å². The first-order valence-corrected chi connectivity index (χ1v) is 7.99. The van der Waals surface area contributed by atoms with Crippen LogP contribution in [0.5, 0.6) is 0 Å². The summed E-state index contributed by atoms with van der Waals surface area (Å²) < 4.78 is 0. The molecule has 0 bridgehead atoms. The topological polar surface area (TPSA) is 45.4 Å². The second kappa shape index (κ2) is 7.38. The van der Waals surface area contributed by atoms with Crippen molar-refractivity contribution in [3.63, 3.8) is 0 Å². The summed E-state index contributed by atoms with van der Waals surface area (Å²) in [6.45, 7) is 6.02. The lowest BCUT2D eigenvalue weighted by Crippen LogP contribution is -2.48. The minimum Gasteiger partial charge on any atom is -0.369 e. The largest absolute Gasteiger partial charge is 0.369 e. The standard InChI is InChI=1S/C18H24N4/c19-13-17(16-5-4-8-20-14-16)15-21-9-11-22(12-10-21)18-6-2-1-3-7-18/h1-8,14,17H,9-13,15,19H2. The lowest BCUT2D eigenvalue weighted by Gasteiger charge is -2.37. The Morgan fingerprint density at radius 3 is 2.41 bits per heavy atom. The number of aromatic nitrogens is 1. The van der Waals surface area contributed by atoms with Gasteiger partial charge in [-0.3, -0.25) is 9.88 Å². The van der Waals surface area contributed by atoms with Crippen LogP contribution in [0.4, 0.5) is 5.69 Å². The van der Waals surface area contributed by atoms with Crippen LogP contribution in [0.2, 0.25) is 0 Å². The molecule has 1 aliphatic heterocycles. The summed E-state index contributed by atoms with van der Waals surface area (Å²) in [5, 5.41) is 0. The number of hydrogen-bond donors (Lipinski definition) is 1. The lowest BCUT2D eigenvalue weighted by molar-refractivity contribution is 0.243. The van der Waals surface area contributed by atoms with Crippen LogP contribution in [0.3, 0.4) is 0 Å². The van der Waals surface area contributed by atoms with Gasteiger partial charge in [0.15, 0.2) is 0 Å². The summed E-state index contributed by atoms with van der Waals surface area (Å²) in [5.74, 6) is 0.372. The number of anilines is 1. The highest BCUT2D eigenvalue weighted by Gasteiger charge is 2.20. The van der Waals surface area contributed by atoms with E-state index in [1.54, 1.807) is 0 Å². The smallest absolute Gasteiger partial charge is 0.0367 e. The van der Waals surface area contributed by atoms with Crippen molar-refractivity contribution in [1.82, 2.24) is 9.88 Å². The van der Waals surface area contributed by atoms with Gasteiger partial charge < -0.3 is 10.6 Å². The predicted molar refractivity (Wildman–Crippen MR) is 91.1 cm³/mol. The van der Waals surface area contributed by atoms with Gasteiger partial charge in [-0.05, 0) is 23.8 Å². The fourth-order valence-corrected chi connectivity index (χ4v) is 3.07. The number of hydrogen-bond acceptors (Lipinski definition) is 4. The van der Waals surface area contributed by atoms with E-state index in [2.05, 4.69) is 51.2 Å². The summed E-state index contributed by atoms with van der Waals surface area (Å²) in [5.41, 5.74) is 8.55. The van der Waals surface area contributed by atoms with Gasteiger partial charge in [0.1, 0.15) is 0 Å². The molecule has 1 atom stereocenters. The number of para-hydroxylation sites is 1. The molecule has 0 amide bonds. The third-order valence-corrected chi connectivity index (χ3v) is 4.41. The van der Waals surface area contributed by atoms with Crippen molar-refractivity contribution in [3.8, 4) is 0 Å². The Morgan fingerprint density at radius 1 is 1.00 bits per heavy atom. The van der Waals surface area contributed by atoms with Crippen molar-refractivity contribution in [2.45, 2.75) is 5.92 Å². The zero-order chi connectivity index (χ0) is 15.2. The van der Waals surface area contributed by atoms with Gasteiger partial charge in [0, 0.05) is 63.3 Å². The molecule has 4 nitrogen and oxygen atoms in total. The van der Waals surface area contributed by atoms with E-state index < -0.39 is 0 Å². The summed E-state index contributed by atoms with van der Waals surface area (Å²) in [6.07, 6.45) is 3.76. The first-order valence-electron chi connectivity index (χ1n) is 7.99. The van der Waals surface area contributed by atoms with Crippen LogP contribution in [0.15, 0.2) is 54.9 Å². The Morgan fingerprint density at radius 2 is 1.77 bits per heavy atom. The number of nitrogens with two attached hydrogens (primary N) is 1. The first-order chi connectivity index (χ1) is 10.9. The number of piperazine rings is 1. The molecular formula is C18H24N4. The zero-order valence-electron chi connectivity index (χ0n) is 12.9. The minimum absolute atomic E-state index is 0.372. The SMILES string of the molecule is NCC(CN1CCN(c2ccccc2)CC1)c1cccnc1. The van der Waals surface area contributed by atoms with Crippen molar-refractivity contribution in [2.24, 2.45) is 5.73 Å². The zero-order valence-corrected chi connectivity index (χ0v) is 12.9. The van der Waals surface area contributed by atoms with Gasteiger partial charge in [0.05, 0.1) is 0 Å². The maximum absolute atomic E-state index is 5.98. The second-order valence-electron chi connectivity index (χ2n) is 5.84. The summed E-state index contributed by atoms with van der Waals surface area (Å²) >= 11 is 0. The molecule has 1 aromatic carbocycles. The monoisotopic (exact) mass is 296 g/mol. The van der Waals surface area contributed by atoms with E-state index in [-0.39, 0.29) is 0 Å². The van der Waals surface area contributed by atoms with E-state index in [4.69, 9.17) is 5.73 Å². The Bertz CT molecular complexity index is 550. The second-order valence-corrected chi connectivity index (χ2v) is 5.84. The molecule has 0 spiro atoms. The maximum atomic E-state index is 5.98. The fraction of sp³-hybridized carbons (Fsp3) is 0.389. The molecule has 0 aliphatic carbocycles.